The predicted molar refractivity (Wildman–Crippen MR) is 86.2 cm³/mol. The standard InChI is InChI=1S/C15H21N5OS/c1-19-7-11(6-17-19)15-18-12(10-22-15)8-20(9-14(16)21)13-4-2-3-5-13/h6-7,10,13H,2-5,8-9H2,1H3,(H2,16,21). The summed E-state index contributed by atoms with van der Waals surface area (Å²) in [5, 5.41) is 7.20. The lowest BCUT2D eigenvalue weighted by molar-refractivity contribution is -0.119. The Hall–Kier alpha value is -1.73. The van der Waals surface area contributed by atoms with Crippen LogP contribution in [0.1, 0.15) is 31.4 Å². The molecule has 0 atom stereocenters. The summed E-state index contributed by atoms with van der Waals surface area (Å²) in [5.41, 5.74) is 7.43. The van der Waals surface area contributed by atoms with Crippen LogP contribution >= 0.6 is 11.3 Å². The Kier molecular flexibility index (Phi) is 4.54. The number of hydrogen-bond donors (Lipinski definition) is 1. The van der Waals surface area contributed by atoms with E-state index < -0.39 is 0 Å². The van der Waals surface area contributed by atoms with Crippen molar-refractivity contribution in [3.63, 3.8) is 0 Å². The number of nitrogens with two attached hydrogens (primary N) is 1. The minimum atomic E-state index is -0.269. The zero-order valence-corrected chi connectivity index (χ0v) is 13.6. The van der Waals surface area contributed by atoms with Gasteiger partial charge in [0.2, 0.25) is 5.91 Å². The first kappa shape index (κ1) is 15.2. The van der Waals surface area contributed by atoms with E-state index in [0.717, 1.165) is 29.1 Å². The average Bonchev–Trinajstić information content (AvgIpc) is 3.17. The summed E-state index contributed by atoms with van der Waals surface area (Å²) in [5.74, 6) is -0.269. The predicted octanol–water partition coefficient (Wildman–Crippen LogP) is 1.77. The molecule has 2 heterocycles. The van der Waals surface area contributed by atoms with Crippen LogP contribution in [0.4, 0.5) is 0 Å². The van der Waals surface area contributed by atoms with Gasteiger partial charge in [0.15, 0.2) is 0 Å². The lowest BCUT2D eigenvalue weighted by Crippen LogP contribution is -2.39. The molecule has 2 aromatic rings. The Morgan fingerprint density at radius 1 is 1.50 bits per heavy atom. The van der Waals surface area contributed by atoms with Gasteiger partial charge in [-0.2, -0.15) is 5.10 Å². The quantitative estimate of drug-likeness (QED) is 0.880. The molecule has 22 heavy (non-hydrogen) atoms. The summed E-state index contributed by atoms with van der Waals surface area (Å²) >= 11 is 1.61. The molecule has 2 aromatic heterocycles. The molecule has 7 heteroatoms. The highest BCUT2D eigenvalue weighted by molar-refractivity contribution is 7.13. The number of carbonyl (C=O) groups excluding carboxylic acids is 1. The van der Waals surface area contributed by atoms with Crippen molar-refractivity contribution >= 4 is 17.2 Å². The van der Waals surface area contributed by atoms with Crippen LogP contribution in [0, 0.1) is 0 Å². The molecule has 0 spiro atoms. The maximum Gasteiger partial charge on any atom is 0.231 e. The topological polar surface area (TPSA) is 77.0 Å². The Labute approximate surface area is 133 Å². The van der Waals surface area contributed by atoms with Gasteiger partial charge in [-0.05, 0) is 12.8 Å². The Balaban J connectivity index is 1.72. The summed E-state index contributed by atoms with van der Waals surface area (Å²) in [6.07, 6.45) is 8.54. The second-order valence-corrected chi connectivity index (χ2v) is 6.71. The molecule has 1 aliphatic carbocycles. The van der Waals surface area contributed by atoms with Crippen LogP contribution in [0.2, 0.25) is 0 Å². The highest BCUT2D eigenvalue weighted by Crippen LogP contribution is 2.27. The molecular formula is C15H21N5OS. The molecule has 1 saturated carbocycles. The minimum Gasteiger partial charge on any atom is -0.369 e. The molecule has 6 nitrogen and oxygen atoms in total. The molecule has 0 aliphatic heterocycles. The molecule has 3 rings (SSSR count). The molecule has 2 N–H and O–H groups in total. The van der Waals surface area contributed by atoms with Crippen molar-refractivity contribution in [1.29, 1.82) is 0 Å². The number of carbonyl (C=O) groups is 1. The van der Waals surface area contributed by atoms with Crippen LogP contribution in [0.5, 0.6) is 0 Å². The number of amides is 1. The van der Waals surface area contributed by atoms with Crippen molar-refractivity contribution in [3.05, 3.63) is 23.5 Å². The van der Waals surface area contributed by atoms with Crippen molar-refractivity contribution in [2.24, 2.45) is 12.8 Å². The molecule has 0 saturated heterocycles. The van der Waals surface area contributed by atoms with Crippen molar-refractivity contribution < 1.29 is 4.79 Å². The van der Waals surface area contributed by atoms with E-state index in [0.29, 0.717) is 19.1 Å². The summed E-state index contributed by atoms with van der Waals surface area (Å²) in [7, 11) is 1.90. The highest BCUT2D eigenvalue weighted by atomic mass is 32.1. The fourth-order valence-electron chi connectivity index (χ4n) is 3.04. The number of rotatable bonds is 6. The molecule has 118 valence electrons. The number of aryl methyl sites for hydroxylation is 1. The maximum atomic E-state index is 11.3. The van der Waals surface area contributed by atoms with Crippen molar-refractivity contribution in [3.8, 4) is 10.6 Å². The Morgan fingerprint density at radius 3 is 2.91 bits per heavy atom. The van der Waals surface area contributed by atoms with Gasteiger partial charge in [0.05, 0.1) is 18.4 Å². The van der Waals surface area contributed by atoms with Crippen molar-refractivity contribution in [2.75, 3.05) is 6.54 Å². The van der Waals surface area contributed by atoms with Gasteiger partial charge in [0.1, 0.15) is 5.01 Å². The third kappa shape index (κ3) is 3.53. The summed E-state index contributed by atoms with van der Waals surface area (Å²) < 4.78 is 1.77. The number of hydrogen-bond acceptors (Lipinski definition) is 5. The van der Waals surface area contributed by atoms with Crippen LogP contribution < -0.4 is 5.73 Å². The van der Waals surface area contributed by atoms with Gasteiger partial charge in [-0.25, -0.2) is 4.98 Å². The Morgan fingerprint density at radius 2 is 2.27 bits per heavy atom. The largest absolute Gasteiger partial charge is 0.369 e. The lowest BCUT2D eigenvalue weighted by atomic mass is 10.2. The van der Waals surface area contributed by atoms with Crippen LogP contribution in [0.3, 0.4) is 0 Å². The van der Waals surface area contributed by atoms with Gasteiger partial charge in [0.25, 0.3) is 0 Å². The van der Waals surface area contributed by atoms with Crippen LogP contribution in [-0.2, 0) is 18.4 Å². The van der Waals surface area contributed by atoms with E-state index in [1.165, 1.54) is 12.8 Å². The van der Waals surface area contributed by atoms with Crippen molar-refractivity contribution in [1.82, 2.24) is 19.7 Å². The molecule has 0 bridgehead atoms. The highest BCUT2D eigenvalue weighted by Gasteiger charge is 2.24. The first-order valence-corrected chi connectivity index (χ1v) is 8.45. The van der Waals surface area contributed by atoms with Gasteiger partial charge in [0, 0.05) is 36.8 Å². The molecule has 1 amide bonds. The van der Waals surface area contributed by atoms with Gasteiger partial charge < -0.3 is 5.73 Å². The second-order valence-electron chi connectivity index (χ2n) is 5.86. The fraction of sp³-hybridized carbons (Fsp3) is 0.533. The number of primary amides is 1. The van der Waals surface area contributed by atoms with Crippen LogP contribution in [0.15, 0.2) is 17.8 Å². The molecule has 0 aromatic carbocycles. The van der Waals surface area contributed by atoms with E-state index in [1.807, 2.05) is 19.4 Å². The lowest BCUT2D eigenvalue weighted by Gasteiger charge is -2.26. The zero-order valence-electron chi connectivity index (χ0n) is 12.7. The van der Waals surface area contributed by atoms with E-state index in [9.17, 15) is 4.79 Å². The van der Waals surface area contributed by atoms with Gasteiger partial charge in [-0.15, -0.1) is 11.3 Å². The minimum absolute atomic E-state index is 0.269. The average molecular weight is 319 g/mol. The summed E-state index contributed by atoms with van der Waals surface area (Å²) in [6.45, 7) is 0.995. The molecule has 1 fully saturated rings. The Bertz CT molecular complexity index is 644. The zero-order chi connectivity index (χ0) is 15.5. The molecule has 1 aliphatic rings. The normalized spacial score (nSPS) is 15.7. The van der Waals surface area contributed by atoms with Crippen LogP contribution in [0.25, 0.3) is 10.6 Å². The van der Waals surface area contributed by atoms with E-state index in [4.69, 9.17) is 5.73 Å². The number of nitrogens with zero attached hydrogens (tertiary/aromatic N) is 4. The second kappa shape index (κ2) is 6.58. The molecule has 0 unspecified atom stereocenters. The number of thiazole rings is 1. The fourth-order valence-corrected chi connectivity index (χ4v) is 3.82. The smallest absolute Gasteiger partial charge is 0.231 e. The van der Waals surface area contributed by atoms with E-state index in [-0.39, 0.29) is 5.91 Å². The van der Waals surface area contributed by atoms with Crippen LogP contribution in [-0.4, -0.2) is 38.2 Å². The summed E-state index contributed by atoms with van der Waals surface area (Å²) in [4.78, 5) is 18.2. The first-order chi connectivity index (χ1) is 10.6. The molecular weight excluding hydrogens is 298 g/mol. The SMILES string of the molecule is Cn1cc(-c2nc(CN(CC(N)=O)C3CCCC3)cs2)cn1. The van der Waals surface area contributed by atoms with Crippen molar-refractivity contribution in [2.45, 2.75) is 38.3 Å². The maximum absolute atomic E-state index is 11.3. The van der Waals surface area contributed by atoms with E-state index in [1.54, 1.807) is 16.0 Å². The van der Waals surface area contributed by atoms with E-state index in [2.05, 4.69) is 20.4 Å². The number of aromatic nitrogens is 3. The van der Waals surface area contributed by atoms with Gasteiger partial charge in [-0.3, -0.25) is 14.4 Å². The monoisotopic (exact) mass is 319 g/mol. The first-order valence-electron chi connectivity index (χ1n) is 7.57. The third-order valence-corrected chi connectivity index (χ3v) is 5.01. The van der Waals surface area contributed by atoms with E-state index >= 15 is 0 Å². The van der Waals surface area contributed by atoms with Gasteiger partial charge >= 0.3 is 0 Å². The van der Waals surface area contributed by atoms with Gasteiger partial charge in [-0.1, -0.05) is 12.8 Å². The molecule has 0 radical (unpaired) electrons. The third-order valence-electron chi connectivity index (χ3n) is 4.07. The summed E-state index contributed by atoms with van der Waals surface area (Å²) in [6, 6.07) is 0.455.